The number of benzene rings is 2. The van der Waals surface area contributed by atoms with Crippen molar-refractivity contribution in [3.05, 3.63) is 62.9 Å². The van der Waals surface area contributed by atoms with Crippen molar-refractivity contribution in [1.29, 1.82) is 0 Å². The average molecular weight is 311 g/mol. The van der Waals surface area contributed by atoms with Crippen LogP contribution in [0.25, 0.3) is 0 Å². The monoisotopic (exact) mass is 310 g/mol. The predicted molar refractivity (Wildman–Crippen MR) is 77.2 cm³/mol. The zero-order chi connectivity index (χ0) is 15.6. The molecule has 0 radical (unpaired) electrons. The highest BCUT2D eigenvalue weighted by Gasteiger charge is 2.16. The zero-order valence-corrected chi connectivity index (χ0v) is 11.8. The van der Waals surface area contributed by atoms with Crippen LogP contribution in [0, 0.1) is 15.9 Å². The van der Waals surface area contributed by atoms with Crippen LogP contribution in [0.2, 0.25) is 5.02 Å². The van der Waals surface area contributed by atoms with Crippen molar-refractivity contribution in [3.63, 3.8) is 0 Å². The minimum atomic E-state index is -0.596. The van der Waals surface area contributed by atoms with E-state index < -0.39 is 16.8 Å². The fourth-order valence-electron chi connectivity index (χ4n) is 1.87. The van der Waals surface area contributed by atoms with Gasteiger partial charge < -0.3 is 10.5 Å². The van der Waals surface area contributed by atoms with Crippen LogP contribution in [0.5, 0.6) is 11.5 Å². The first kappa shape index (κ1) is 15.2. The van der Waals surface area contributed by atoms with Crippen LogP contribution in [0.3, 0.4) is 0 Å². The van der Waals surface area contributed by atoms with E-state index in [0.29, 0.717) is 0 Å². The number of halogens is 2. The van der Waals surface area contributed by atoms with E-state index in [0.717, 1.165) is 0 Å². The van der Waals surface area contributed by atoms with Crippen LogP contribution in [0.4, 0.5) is 10.1 Å². The Morgan fingerprint density at radius 3 is 2.67 bits per heavy atom. The molecule has 5 nitrogen and oxygen atoms in total. The summed E-state index contributed by atoms with van der Waals surface area (Å²) in [5.41, 5.74) is 5.73. The van der Waals surface area contributed by atoms with Gasteiger partial charge >= 0.3 is 0 Å². The van der Waals surface area contributed by atoms with Crippen molar-refractivity contribution >= 4 is 17.3 Å². The molecule has 7 heteroatoms. The third kappa shape index (κ3) is 3.29. The summed E-state index contributed by atoms with van der Waals surface area (Å²) in [6, 6.07) is 7.70. The lowest BCUT2D eigenvalue weighted by Gasteiger charge is -2.14. The van der Waals surface area contributed by atoms with Crippen molar-refractivity contribution in [3.8, 4) is 11.5 Å². The number of hydrogen-bond acceptors (Lipinski definition) is 4. The second-order valence-electron chi connectivity index (χ2n) is 4.41. The summed E-state index contributed by atoms with van der Waals surface area (Å²) in [7, 11) is 0. The molecule has 2 rings (SSSR count). The molecule has 110 valence electrons. The van der Waals surface area contributed by atoms with Crippen LogP contribution in [-0.2, 0) is 0 Å². The van der Waals surface area contributed by atoms with Gasteiger partial charge in [-0.2, -0.15) is 0 Å². The van der Waals surface area contributed by atoms with Gasteiger partial charge in [0.25, 0.3) is 5.69 Å². The normalized spacial score (nSPS) is 12.0. The fourth-order valence-corrected chi connectivity index (χ4v) is 2.11. The Labute approximate surface area is 125 Å². The van der Waals surface area contributed by atoms with Crippen molar-refractivity contribution in [2.75, 3.05) is 0 Å². The summed E-state index contributed by atoms with van der Waals surface area (Å²) in [4.78, 5) is 10.1. The Hall–Kier alpha value is -2.18. The molecule has 2 N–H and O–H groups in total. The van der Waals surface area contributed by atoms with E-state index in [2.05, 4.69) is 0 Å². The van der Waals surface area contributed by atoms with Gasteiger partial charge in [-0.25, -0.2) is 4.39 Å². The standard InChI is InChI=1S/C14H12ClFN2O3/c1-8(17)14-11(16)3-2-4-13(14)21-9-5-6-12(18(19)20)10(15)7-9/h2-8H,17H2,1H3/t8-/m0/s1. The smallest absolute Gasteiger partial charge is 0.288 e. The van der Waals surface area contributed by atoms with E-state index in [1.807, 2.05) is 0 Å². The lowest BCUT2D eigenvalue weighted by Crippen LogP contribution is -2.09. The third-order valence-corrected chi connectivity index (χ3v) is 3.11. The first-order valence-electron chi connectivity index (χ1n) is 6.06. The van der Waals surface area contributed by atoms with E-state index in [-0.39, 0.29) is 27.8 Å². The maximum Gasteiger partial charge on any atom is 0.288 e. The summed E-state index contributed by atoms with van der Waals surface area (Å²) in [6.45, 7) is 1.63. The molecular formula is C14H12ClFN2O3. The van der Waals surface area contributed by atoms with Gasteiger partial charge in [-0.1, -0.05) is 17.7 Å². The highest BCUT2D eigenvalue weighted by atomic mass is 35.5. The molecule has 0 aliphatic rings. The van der Waals surface area contributed by atoms with Gasteiger partial charge in [0.1, 0.15) is 22.3 Å². The first-order chi connectivity index (χ1) is 9.90. The van der Waals surface area contributed by atoms with Gasteiger partial charge in [0.2, 0.25) is 0 Å². The van der Waals surface area contributed by atoms with Crippen LogP contribution in [0.15, 0.2) is 36.4 Å². The summed E-state index contributed by atoms with van der Waals surface area (Å²) >= 11 is 5.80. The van der Waals surface area contributed by atoms with Gasteiger partial charge in [0.05, 0.1) is 4.92 Å². The van der Waals surface area contributed by atoms with Crippen molar-refractivity contribution in [2.45, 2.75) is 13.0 Å². The molecule has 0 spiro atoms. The second kappa shape index (κ2) is 6.07. The highest BCUT2D eigenvalue weighted by Crippen LogP contribution is 2.34. The molecule has 21 heavy (non-hydrogen) atoms. The Bertz CT molecular complexity index is 692. The Morgan fingerprint density at radius 1 is 1.38 bits per heavy atom. The molecule has 0 bridgehead atoms. The quantitative estimate of drug-likeness (QED) is 0.678. The molecular weight excluding hydrogens is 299 g/mol. The van der Waals surface area contributed by atoms with E-state index in [1.54, 1.807) is 13.0 Å². The third-order valence-electron chi connectivity index (χ3n) is 2.81. The van der Waals surface area contributed by atoms with Gasteiger partial charge in [-0.15, -0.1) is 0 Å². The van der Waals surface area contributed by atoms with Crippen LogP contribution >= 0.6 is 11.6 Å². The zero-order valence-electron chi connectivity index (χ0n) is 11.0. The molecule has 0 saturated carbocycles. The number of nitrogens with two attached hydrogens (primary N) is 1. The Balaban J connectivity index is 2.37. The molecule has 0 amide bonds. The number of rotatable bonds is 4. The van der Waals surface area contributed by atoms with E-state index in [4.69, 9.17) is 22.1 Å². The van der Waals surface area contributed by atoms with Gasteiger partial charge in [-0.05, 0) is 25.1 Å². The van der Waals surface area contributed by atoms with Crippen molar-refractivity contribution < 1.29 is 14.1 Å². The molecule has 0 saturated heterocycles. The average Bonchev–Trinajstić information content (AvgIpc) is 2.37. The summed E-state index contributed by atoms with van der Waals surface area (Å²) < 4.78 is 19.3. The fraction of sp³-hybridized carbons (Fsp3) is 0.143. The van der Waals surface area contributed by atoms with Gasteiger partial charge in [0, 0.05) is 23.7 Å². The second-order valence-corrected chi connectivity index (χ2v) is 4.82. The molecule has 0 heterocycles. The molecule has 0 aromatic heterocycles. The molecule has 0 aliphatic heterocycles. The summed E-state index contributed by atoms with van der Waals surface area (Å²) in [5.74, 6) is 0.0310. The molecule has 2 aromatic rings. The van der Waals surface area contributed by atoms with Crippen LogP contribution in [0.1, 0.15) is 18.5 Å². The molecule has 0 unspecified atom stereocenters. The Morgan fingerprint density at radius 2 is 2.10 bits per heavy atom. The maximum absolute atomic E-state index is 13.8. The molecule has 2 aromatic carbocycles. The van der Waals surface area contributed by atoms with Crippen LogP contribution in [-0.4, -0.2) is 4.92 Å². The lowest BCUT2D eigenvalue weighted by atomic mass is 10.1. The van der Waals surface area contributed by atoms with Crippen molar-refractivity contribution in [1.82, 2.24) is 0 Å². The Kier molecular flexibility index (Phi) is 4.40. The minimum absolute atomic E-state index is 0.0590. The van der Waals surface area contributed by atoms with Crippen LogP contribution < -0.4 is 10.5 Å². The first-order valence-corrected chi connectivity index (χ1v) is 6.43. The number of nitrogens with zero attached hydrogens (tertiary/aromatic N) is 1. The number of hydrogen-bond donors (Lipinski definition) is 1. The molecule has 1 atom stereocenters. The number of nitro benzene ring substituents is 1. The molecule has 0 aliphatic carbocycles. The number of ether oxygens (including phenoxy) is 1. The van der Waals surface area contributed by atoms with Gasteiger partial charge in [0.15, 0.2) is 0 Å². The van der Waals surface area contributed by atoms with E-state index >= 15 is 0 Å². The minimum Gasteiger partial charge on any atom is -0.457 e. The molecule has 0 fully saturated rings. The summed E-state index contributed by atoms with van der Waals surface area (Å²) in [5, 5.41) is 10.6. The van der Waals surface area contributed by atoms with Crippen molar-refractivity contribution in [2.24, 2.45) is 5.73 Å². The SMILES string of the molecule is C[C@H](N)c1c(F)cccc1Oc1ccc([N+](=O)[O-])c(Cl)c1. The summed E-state index contributed by atoms with van der Waals surface area (Å²) in [6.07, 6.45) is 0. The largest absolute Gasteiger partial charge is 0.457 e. The highest BCUT2D eigenvalue weighted by molar-refractivity contribution is 6.32. The lowest BCUT2D eigenvalue weighted by molar-refractivity contribution is -0.384. The van der Waals surface area contributed by atoms with Gasteiger partial charge in [-0.3, -0.25) is 10.1 Å². The van der Waals surface area contributed by atoms with E-state index in [1.165, 1.54) is 30.3 Å². The van der Waals surface area contributed by atoms with E-state index in [9.17, 15) is 14.5 Å². The number of nitro groups is 1. The predicted octanol–water partition coefficient (Wildman–Crippen LogP) is 4.20. The maximum atomic E-state index is 13.8. The topological polar surface area (TPSA) is 78.4 Å².